The fourth-order valence-corrected chi connectivity index (χ4v) is 7.40. The molecule has 0 bridgehead atoms. The highest BCUT2D eigenvalue weighted by Crippen LogP contribution is 2.25. The Morgan fingerprint density at radius 1 is 0.556 bits per heavy atom. The first-order valence-electron chi connectivity index (χ1n) is 17.5. The number of carbonyl (C=O) groups excluding carboxylic acids is 2. The Morgan fingerprint density at radius 2 is 0.944 bits per heavy atom. The normalized spacial score (nSPS) is 11.4. The molecule has 7 rings (SSSR count). The third-order valence-electron chi connectivity index (χ3n) is 9.20. The van der Waals surface area contributed by atoms with Crippen LogP contribution >= 0.6 is 23.5 Å². The largest absolute Gasteiger partial charge is 0.324 e. The summed E-state index contributed by atoms with van der Waals surface area (Å²) in [6, 6.07) is 24.0. The van der Waals surface area contributed by atoms with Crippen molar-refractivity contribution in [2.75, 3.05) is 22.1 Å². The molecule has 0 aliphatic heterocycles. The van der Waals surface area contributed by atoms with Crippen molar-refractivity contribution in [3.8, 4) is 0 Å². The van der Waals surface area contributed by atoms with Crippen LogP contribution in [0.2, 0.25) is 0 Å². The van der Waals surface area contributed by atoms with Crippen molar-refractivity contribution in [1.29, 1.82) is 0 Å². The van der Waals surface area contributed by atoms with Crippen LogP contribution in [0.15, 0.2) is 83.1 Å². The van der Waals surface area contributed by atoms with Gasteiger partial charge in [0.25, 0.3) is 11.6 Å². The molecule has 0 spiro atoms. The molecule has 2 N–H and O–H groups in total. The molecule has 0 unspecified atom stereocenters. The van der Waals surface area contributed by atoms with E-state index in [2.05, 4.69) is 93.2 Å². The van der Waals surface area contributed by atoms with Gasteiger partial charge >= 0.3 is 0 Å². The van der Waals surface area contributed by atoms with Crippen LogP contribution in [0.1, 0.15) is 56.2 Å². The lowest BCUT2D eigenvalue weighted by atomic mass is 10.0. The molecular weight excluding hydrogens is 717 g/mol. The number of para-hydroxylation sites is 2. The van der Waals surface area contributed by atoms with Gasteiger partial charge in [-0.05, 0) is 75.9 Å². The minimum absolute atomic E-state index is 0.0719. The minimum atomic E-state index is -0.260. The van der Waals surface area contributed by atoms with Crippen molar-refractivity contribution in [3.05, 3.63) is 129 Å². The molecule has 4 heterocycles. The van der Waals surface area contributed by atoms with Crippen LogP contribution in [0, 0.1) is 41.5 Å². The maximum Gasteiger partial charge on any atom is 0.253 e. The Labute approximate surface area is 321 Å². The molecular formula is C40H40N10O2S2. The van der Waals surface area contributed by atoms with E-state index in [4.69, 9.17) is 9.97 Å². The van der Waals surface area contributed by atoms with Gasteiger partial charge in [-0.1, -0.05) is 95.3 Å². The molecule has 0 aliphatic rings. The van der Waals surface area contributed by atoms with Crippen LogP contribution in [0.5, 0.6) is 0 Å². The molecule has 0 atom stereocenters. The molecule has 14 heteroatoms. The van der Waals surface area contributed by atoms with Gasteiger partial charge < -0.3 is 10.6 Å². The Kier molecular flexibility index (Phi) is 10.7. The number of fused-ring (bicyclic) bond motifs is 2. The lowest BCUT2D eigenvalue weighted by molar-refractivity contribution is -0.114. The summed E-state index contributed by atoms with van der Waals surface area (Å²) in [6.45, 7) is 12.1. The summed E-state index contributed by atoms with van der Waals surface area (Å²) < 4.78 is 3.48. The van der Waals surface area contributed by atoms with Crippen molar-refractivity contribution in [2.24, 2.45) is 0 Å². The van der Waals surface area contributed by atoms with Gasteiger partial charge in [-0.2, -0.15) is 9.97 Å². The Hall–Kier alpha value is -5.60. The molecule has 0 radical (unpaired) electrons. The number of hydrogen-bond acceptors (Lipinski definition) is 10. The third-order valence-corrected chi connectivity index (χ3v) is 10.9. The summed E-state index contributed by atoms with van der Waals surface area (Å²) in [5.74, 6) is 0.615. The lowest BCUT2D eigenvalue weighted by Crippen LogP contribution is -2.19. The summed E-state index contributed by atoms with van der Waals surface area (Å²) >= 11 is 2.45. The number of rotatable bonds is 12. The highest BCUT2D eigenvalue weighted by Gasteiger charge is 2.18. The van der Waals surface area contributed by atoms with Crippen molar-refractivity contribution in [2.45, 2.75) is 64.7 Å². The number of nitrogens with one attached hydrogen (secondary N) is 2. The van der Waals surface area contributed by atoms with E-state index in [1.165, 1.54) is 45.8 Å². The smallest absolute Gasteiger partial charge is 0.253 e. The van der Waals surface area contributed by atoms with E-state index in [0.717, 1.165) is 46.7 Å². The first kappa shape index (κ1) is 36.7. The average molecular weight is 757 g/mol. The summed E-state index contributed by atoms with van der Waals surface area (Å²) in [5, 5.41) is 16.0. The first-order valence-corrected chi connectivity index (χ1v) is 19.5. The molecule has 12 nitrogen and oxygen atoms in total. The van der Waals surface area contributed by atoms with Gasteiger partial charge in [0, 0.05) is 35.6 Å². The average Bonchev–Trinajstić information content (AvgIpc) is 3.76. The number of aromatic nitrogens is 8. The van der Waals surface area contributed by atoms with Crippen LogP contribution in [-0.4, -0.2) is 62.5 Å². The standard InChI is InChI=1S/C40H40N10O2S2/c1-23-11-15-29(16-12-23)19-31-25(3)41-37-45-39(47-49(37)27(31)5)53-21-35(51)43-33-9-7-8-10-34(33)44-36(52)22-54-40-46-38-42-26(4)32(28(6)50(38)48-40)20-30-17-13-24(2)14-18-30/h7-18H,19-22H2,1-6H3,(H,43,51)(H,44,52). The van der Waals surface area contributed by atoms with E-state index in [0.29, 0.717) is 33.2 Å². The molecule has 0 aliphatic carbocycles. The number of anilines is 2. The number of hydrogen-bond donors (Lipinski definition) is 2. The maximum absolute atomic E-state index is 13.1. The quantitative estimate of drug-likeness (QED) is 0.124. The second-order valence-electron chi connectivity index (χ2n) is 13.3. The maximum atomic E-state index is 13.1. The Morgan fingerprint density at radius 3 is 1.33 bits per heavy atom. The number of aryl methyl sites for hydroxylation is 6. The molecule has 3 aromatic carbocycles. The topological polar surface area (TPSA) is 144 Å². The van der Waals surface area contributed by atoms with Crippen LogP contribution in [-0.2, 0) is 22.4 Å². The van der Waals surface area contributed by atoms with Gasteiger partial charge in [-0.3, -0.25) is 9.59 Å². The highest BCUT2D eigenvalue weighted by atomic mass is 32.2. The number of nitrogens with zero attached hydrogens (tertiary/aromatic N) is 8. The molecule has 2 amide bonds. The molecule has 0 saturated carbocycles. The zero-order valence-electron chi connectivity index (χ0n) is 31.0. The summed E-state index contributed by atoms with van der Waals surface area (Å²) in [6.07, 6.45) is 1.48. The van der Waals surface area contributed by atoms with Gasteiger partial charge in [0.15, 0.2) is 0 Å². The van der Waals surface area contributed by atoms with Crippen molar-refractivity contribution < 1.29 is 9.59 Å². The third kappa shape index (κ3) is 8.29. The van der Waals surface area contributed by atoms with E-state index in [1.54, 1.807) is 33.3 Å². The van der Waals surface area contributed by atoms with E-state index in [1.807, 2.05) is 27.7 Å². The molecule has 0 saturated heterocycles. The predicted octanol–water partition coefficient (Wildman–Crippen LogP) is 7.06. The van der Waals surface area contributed by atoms with Gasteiger partial charge in [0.05, 0.1) is 22.9 Å². The van der Waals surface area contributed by atoms with Gasteiger partial charge in [0.2, 0.25) is 22.1 Å². The van der Waals surface area contributed by atoms with Crippen molar-refractivity contribution in [1.82, 2.24) is 39.2 Å². The lowest BCUT2D eigenvalue weighted by Gasteiger charge is -2.11. The van der Waals surface area contributed by atoms with Crippen LogP contribution < -0.4 is 10.6 Å². The van der Waals surface area contributed by atoms with Gasteiger partial charge in [0.1, 0.15) is 0 Å². The van der Waals surface area contributed by atoms with Crippen LogP contribution in [0.3, 0.4) is 0 Å². The van der Waals surface area contributed by atoms with Crippen LogP contribution in [0.4, 0.5) is 11.4 Å². The highest BCUT2D eigenvalue weighted by molar-refractivity contribution is 8.00. The number of thioether (sulfide) groups is 2. The fraction of sp³-hybridized carbons (Fsp3) is 0.250. The predicted molar refractivity (Wildman–Crippen MR) is 214 cm³/mol. The monoisotopic (exact) mass is 756 g/mol. The molecule has 274 valence electrons. The van der Waals surface area contributed by atoms with E-state index >= 15 is 0 Å². The molecule has 0 fully saturated rings. The fourth-order valence-electron chi connectivity index (χ4n) is 6.17. The SMILES string of the molecule is Cc1ccc(Cc2c(C)nc3nc(SCC(=O)Nc4ccccc4NC(=O)CSc4nc5nc(C)c(Cc6ccc(C)cc6)c(C)n5n4)nn3c2C)cc1. The van der Waals surface area contributed by atoms with Crippen molar-refractivity contribution >= 4 is 58.3 Å². The summed E-state index contributed by atoms with van der Waals surface area (Å²) in [4.78, 5) is 44.7. The number of benzene rings is 3. The summed E-state index contributed by atoms with van der Waals surface area (Å²) in [5.41, 5.74) is 11.7. The molecule has 54 heavy (non-hydrogen) atoms. The molecule has 4 aromatic heterocycles. The zero-order chi connectivity index (χ0) is 37.9. The second kappa shape index (κ2) is 15.8. The Balaban J connectivity index is 0.953. The van der Waals surface area contributed by atoms with E-state index < -0.39 is 0 Å². The van der Waals surface area contributed by atoms with Crippen molar-refractivity contribution in [3.63, 3.8) is 0 Å². The van der Waals surface area contributed by atoms with Gasteiger partial charge in [-0.25, -0.2) is 19.0 Å². The number of amides is 2. The van der Waals surface area contributed by atoms with E-state index in [-0.39, 0.29) is 23.3 Å². The Bertz CT molecular complexity index is 2340. The first-order chi connectivity index (χ1) is 26.0. The van der Waals surface area contributed by atoms with E-state index in [9.17, 15) is 9.59 Å². The summed E-state index contributed by atoms with van der Waals surface area (Å²) in [7, 11) is 0. The number of carbonyl (C=O) groups is 2. The van der Waals surface area contributed by atoms with Crippen LogP contribution in [0.25, 0.3) is 11.6 Å². The minimum Gasteiger partial charge on any atom is -0.324 e. The second-order valence-corrected chi connectivity index (χ2v) is 15.2. The zero-order valence-corrected chi connectivity index (χ0v) is 32.6. The van der Waals surface area contributed by atoms with Gasteiger partial charge in [-0.15, -0.1) is 10.2 Å². The molecule has 7 aromatic rings.